The third kappa shape index (κ3) is 3.06. The molecule has 0 aliphatic rings. The second-order valence-corrected chi connectivity index (χ2v) is 5.61. The van der Waals surface area contributed by atoms with E-state index in [9.17, 15) is 14.0 Å². The van der Waals surface area contributed by atoms with E-state index >= 15 is 0 Å². The number of para-hydroxylation sites is 1. The van der Waals surface area contributed by atoms with Crippen LogP contribution in [0.2, 0.25) is 10.0 Å². The maximum atomic E-state index is 13.2. The standard InChI is InChI=1S/C16H9Cl2FN2O2/c17-11-2-1-3-12(18)14(11)21-16(23)10-6-8-4-5-9(19)7-13(8)20-15(10)22/h1-7H,(H,20,22)(H,21,23). The lowest BCUT2D eigenvalue weighted by molar-refractivity contribution is 0.102. The normalized spacial score (nSPS) is 10.7. The van der Waals surface area contributed by atoms with Crippen LogP contribution in [0.5, 0.6) is 0 Å². The van der Waals surface area contributed by atoms with Gasteiger partial charge < -0.3 is 10.3 Å². The minimum Gasteiger partial charge on any atom is -0.321 e. The van der Waals surface area contributed by atoms with Gasteiger partial charge in [-0.15, -0.1) is 0 Å². The Balaban J connectivity index is 2.03. The van der Waals surface area contributed by atoms with Gasteiger partial charge in [0.1, 0.15) is 11.4 Å². The van der Waals surface area contributed by atoms with Crippen LogP contribution in [-0.4, -0.2) is 10.9 Å². The van der Waals surface area contributed by atoms with Crippen molar-refractivity contribution in [3.63, 3.8) is 0 Å². The largest absolute Gasteiger partial charge is 0.321 e. The average molecular weight is 351 g/mol. The summed E-state index contributed by atoms with van der Waals surface area (Å²) in [6, 6.07) is 10.1. The number of H-pyrrole nitrogens is 1. The lowest BCUT2D eigenvalue weighted by atomic mass is 10.1. The van der Waals surface area contributed by atoms with Crippen LogP contribution in [0.3, 0.4) is 0 Å². The first kappa shape index (κ1) is 15.5. The molecule has 3 rings (SSSR count). The molecule has 7 heteroatoms. The van der Waals surface area contributed by atoms with E-state index in [1.165, 1.54) is 24.3 Å². The molecule has 23 heavy (non-hydrogen) atoms. The van der Waals surface area contributed by atoms with Crippen LogP contribution in [-0.2, 0) is 0 Å². The summed E-state index contributed by atoms with van der Waals surface area (Å²) in [4.78, 5) is 26.8. The van der Waals surface area contributed by atoms with E-state index in [2.05, 4.69) is 10.3 Å². The fraction of sp³-hybridized carbons (Fsp3) is 0. The Labute approximate surface area is 139 Å². The number of carbonyl (C=O) groups is 1. The maximum absolute atomic E-state index is 13.2. The van der Waals surface area contributed by atoms with Gasteiger partial charge in [0, 0.05) is 0 Å². The zero-order valence-corrected chi connectivity index (χ0v) is 13.0. The highest BCUT2D eigenvalue weighted by Crippen LogP contribution is 2.30. The molecule has 1 heterocycles. The number of fused-ring (bicyclic) bond motifs is 1. The van der Waals surface area contributed by atoms with Gasteiger partial charge in [0.2, 0.25) is 0 Å². The lowest BCUT2D eigenvalue weighted by Crippen LogP contribution is -2.23. The molecule has 0 spiro atoms. The second-order valence-electron chi connectivity index (χ2n) is 4.79. The highest BCUT2D eigenvalue weighted by Gasteiger charge is 2.15. The number of hydrogen-bond acceptors (Lipinski definition) is 2. The van der Waals surface area contributed by atoms with Crippen LogP contribution in [0.25, 0.3) is 10.9 Å². The monoisotopic (exact) mass is 350 g/mol. The Morgan fingerprint density at radius 3 is 2.48 bits per heavy atom. The summed E-state index contributed by atoms with van der Waals surface area (Å²) in [5.74, 6) is -1.14. The van der Waals surface area contributed by atoms with Gasteiger partial charge in [-0.3, -0.25) is 9.59 Å². The minimum atomic E-state index is -0.660. The summed E-state index contributed by atoms with van der Waals surface area (Å²) in [7, 11) is 0. The molecule has 0 saturated carbocycles. The molecule has 1 amide bonds. The van der Waals surface area contributed by atoms with Crippen molar-refractivity contribution in [2.24, 2.45) is 0 Å². The summed E-state index contributed by atoms with van der Waals surface area (Å²) in [6.07, 6.45) is 0. The van der Waals surface area contributed by atoms with Crippen molar-refractivity contribution in [2.45, 2.75) is 0 Å². The molecule has 0 fully saturated rings. The Morgan fingerprint density at radius 1 is 1.09 bits per heavy atom. The topological polar surface area (TPSA) is 62.0 Å². The van der Waals surface area contributed by atoms with Gasteiger partial charge in [-0.1, -0.05) is 29.3 Å². The van der Waals surface area contributed by atoms with Crippen LogP contribution >= 0.6 is 23.2 Å². The third-order valence-corrected chi connectivity index (χ3v) is 3.88. The third-order valence-electron chi connectivity index (χ3n) is 3.25. The number of aromatic nitrogens is 1. The van der Waals surface area contributed by atoms with Gasteiger partial charge >= 0.3 is 0 Å². The molecule has 1 aromatic heterocycles. The van der Waals surface area contributed by atoms with Crippen molar-refractivity contribution >= 4 is 45.7 Å². The quantitative estimate of drug-likeness (QED) is 0.726. The van der Waals surface area contributed by atoms with Crippen molar-refractivity contribution in [2.75, 3.05) is 5.32 Å². The van der Waals surface area contributed by atoms with E-state index in [1.807, 2.05) is 0 Å². The van der Waals surface area contributed by atoms with E-state index in [-0.39, 0.29) is 21.3 Å². The van der Waals surface area contributed by atoms with Crippen molar-refractivity contribution in [1.29, 1.82) is 0 Å². The number of halogens is 3. The van der Waals surface area contributed by atoms with Gasteiger partial charge in [-0.25, -0.2) is 4.39 Å². The van der Waals surface area contributed by atoms with Crippen LogP contribution in [0, 0.1) is 5.82 Å². The van der Waals surface area contributed by atoms with Crippen LogP contribution < -0.4 is 10.9 Å². The Bertz CT molecular complexity index is 965. The SMILES string of the molecule is O=C(Nc1c(Cl)cccc1Cl)c1cc2ccc(F)cc2[nH]c1=O. The van der Waals surface area contributed by atoms with Gasteiger partial charge in [0.15, 0.2) is 0 Å². The molecule has 0 atom stereocenters. The first-order valence-corrected chi connectivity index (χ1v) is 7.29. The minimum absolute atomic E-state index is 0.125. The molecule has 0 aliphatic carbocycles. The summed E-state index contributed by atoms with van der Waals surface area (Å²) in [5.41, 5.74) is -0.231. The molecule has 116 valence electrons. The smallest absolute Gasteiger partial charge is 0.261 e. The number of pyridine rings is 1. The van der Waals surface area contributed by atoms with Crippen LogP contribution in [0.4, 0.5) is 10.1 Å². The highest BCUT2D eigenvalue weighted by molar-refractivity contribution is 6.40. The molecule has 3 aromatic rings. The first-order chi connectivity index (χ1) is 11.0. The number of amides is 1. The van der Waals surface area contributed by atoms with Gasteiger partial charge in [-0.2, -0.15) is 0 Å². The number of nitrogens with one attached hydrogen (secondary N) is 2. The Hall–Kier alpha value is -2.37. The highest BCUT2D eigenvalue weighted by atomic mass is 35.5. The van der Waals surface area contributed by atoms with Gasteiger partial charge in [-0.05, 0) is 41.8 Å². The molecule has 0 aliphatic heterocycles. The molecule has 0 saturated heterocycles. The average Bonchev–Trinajstić information content (AvgIpc) is 2.50. The molecule has 0 radical (unpaired) electrons. The maximum Gasteiger partial charge on any atom is 0.261 e. The number of rotatable bonds is 2. The fourth-order valence-corrected chi connectivity index (χ4v) is 2.63. The predicted octanol–water partition coefficient (Wildman–Crippen LogP) is 4.23. The van der Waals surface area contributed by atoms with Gasteiger partial charge in [0.05, 0.1) is 21.2 Å². The molecular formula is C16H9Cl2FN2O2. The fourth-order valence-electron chi connectivity index (χ4n) is 2.14. The zero-order valence-electron chi connectivity index (χ0n) is 11.5. The molecule has 0 bridgehead atoms. The van der Waals surface area contributed by atoms with Crippen LogP contribution in [0.1, 0.15) is 10.4 Å². The molecule has 2 aromatic carbocycles. The number of aromatic amines is 1. The van der Waals surface area contributed by atoms with E-state index < -0.39 is 17.3 Å². The van der Waals surface area contributed by atoms with E-state index in [1.54, 1.807) is 18.2 Å². The van der Waals surface area contributed by atoms with Crippen molar-refractivity contribution in [1.82, 2.24) is 4.98 Å². The van der Waals surface area contributed by atoms with E-state index in [0.29, 0.717) is 10.9 Å². The number of carbonyl (C=O) groups excluding carboxylic acids is 1. The first-order valence-electron chi connectivity index (χ1n) is 6.53. The molecule has 4 nitrogen and oxygen atoms in total. The summed E-state index contributed by atoms with van der Waals surface area (Å²) in [5, 5.41) is 3.55. The Morgan fingerprint density at radius 2 is 1.78 bits per heavy atom. The zero-order chi connectivity index (χ0) is 16.6. The molecule has 0 unspecified atom stereocenters. The summed E-state index contributed by atoms with van der Waals surface area (Å²) >= 11 is 12.0. The van der Waals surface area contributed by atoms with Crippen molar-refractivity contribution < 1.29 is 9.18 Å². The molecule has 2 N–H and O–H groups in total. The summed E-state index contributed by atoms with van der Waals surface area (Å²) in [6.45, 7) is 0. The Kier molecular flexibility index (Phi) is 4.07. The number of hydrogen-bond donors (Lipinski definition) is 2. The van der Waals surface area contributed by atoms with Crippen LogP contribution in [0.15, 0.2) is 47.3 Å². The van der Waals surface area contributed by atoms with E-state index in [0.717, 1.165) is 0 Å². The van der Waals surface area contributed by atoms with Gasteiger partial charge in [0.25, 0.3) is 11.5 Å². The van der Waals surface area contributed by atoms with Crippen molar-refractivity contribution in [3.8, 4) is 0 Å². The van der Waals surface area contributed by atoms with Crippen molar-refractivity contribution in [3.05, 3.63) is 74.2 Å². The van der Waals surface area contributed by atoms with E-state index in [4.69, 9.17) is 23.2 Å². The second kappa shape index (κ2) is 6.02. The number of anilines is 1. The molecular weight excluding hydrogens is 342 g/mol. The summed E-state index contributed by atoms with van der Waals surface area (Å²) < 4.78 is 13.2. The lowest BCUT2D eigenvalue weighted by Gasteiger charge is -2.09. The predicted molar refractivity (Wildman–Crippen MR) is 88.9 cm³/mol. The number of benzene rings is 2.